The van der Waals surface area contributed by atoms with E-state index in [4.69, 9.17) is 4.74 Å². The monoisotopic (exact) mass is 174 g/mol. The second kappa shape index (κ2) is 3.25. The van der Waals surface area contributed by atoms with Gasteiger partial charge in [-0.2, -0.15) is 0 Å². The molecule has 0 spiro atoms. The molecule has 13 heavy (non-hydrogen) atoms. The predicted octanol–water partition coefficient (Wildman–Crippen LogP) is 3.04. The Labute approximate surface area is 79.0 Å². The molecule has 1 aromatic rings. The van der Waals surface area contributed by atoms with E-state index in [0.29, 0.717) is 0 Å². The zero-order valence-corrected chi connectivity index (χ0v) is 8.13. The molecule has 1 aliphatic carbocycles. The van der Waals surface area contributed by atoms with Crippen molar-refractivity contribution in [3.63, 3.8) is 0 Å². The Kier molecular flexibility index (Phi) is 2.09. The van der Waals surface area contributed by atoms with Gasteiger partial charge in [0.15, 0.2) is 0 Å². The van der Waals surface area contributed by atoms with Crippen LogP contribution in [0.1, 0.15) is 24.5 Å². The number of ether oxygens (including phenoxy) is 1. The number of methoxy groups -OCH3 is 1. The minimum Gasteiger partial charge on any atom is -0.497 e. The van der Waals surface area contributed by atoms with Gasteiger partial charge in [-0.3, -0.25) is 0 Å². The van der Waals surface area contributed by atoms with Crippen molar-refractivity contribution in [2.45, 2.75) is 19.8 Å². The van der Waals surface area contributed by atoms with E-state index in [1.165, 1.54) is 23.1 Å². The van der Waals surface area contributed by atoms with E-state index in [2.05, 4.69) is 25.1 Å². The van der Waals surface area contributed by atoms with Crippen molar-refractivity contribution >= 4 is 5.57 Å². The third kappa shape index (κ3) is 1.46. The molecule has 0 N–H and O–H groups in total. The molecule has 1 nitrogen and oxygen atoms in total. The van der Waals surface area contributed by atoms with Crippen LogP contribution in [0, 0.1) is 0 Å². The highest BCUT2D eigenvalue weighted by molar-refractivity contribution is 5.69. The standard InChI is InChI=1S/C12H14O/c1-9-4-3-5-10-6-7-11(13-2)8-12(9)10/h4,6-8H,3,5H2,1-2H3. The van der Waals surface area contributed by atoms with Gasteiger partial charge in [-0.15, -0.1) is 0 Å². The summed E-state index contributed by atoms with van der Waals surface area (Å²) < 4.78 is 5.20. The van der Waals surface area contributed by atoms with Gasteiger partial charge in [0.05, 0.1) is 7.11 Å². The fourth-order valence-corrected chi connectivity index (χ4v) is 1.82. The molecule has 2 rings (SSSR count). The first-order chi connectivity index (χ1) is 6.31. The predicted molar refractivity (Wildman–Crippen MR) is 55.0 cm³/mol. The molecule has 0 aliphatic heterocycles. The quantitative estimate of drug-likeness (QED) is 0.635. The van der Waals surface area contributed by atoms with Crippen LogP contribution in [0.2, 0.25) is 0 Å². The van der Waals surface area contributed by atoms with Crippen molar-refractivity contribution in [3.05, 3.63) is 35.4 Å². The molecule has 0 fully saturated rings. The summed E-state index contributed by atoms with van der Waals surface area (Å²) in [5.41, 5.74) is 4.17. The Hall–Kier alpha value is -1.24. The number of hydrogen-bond acceptors (Lipinski definition) is 1. The third-order valence-corrected chi connectivity index (χ3v) is 2.61. The Morgan fingerprint density at radius 1 is 1.31 bits per heavy atom. The number of aryl methyl sites for hydroxylation is 1. The van der Waals surface area contributed by atoms with Gasteiger partial charge < -0.3 is 4.74 Å². The summed E-state index contributed by atoms with van der Waals surface area (Å²) in [4.78, 5) is 0. The van der Waals surface area contributed by atoms with E-state index in [-0.39, 0.29) is 0 Å². The molecular weight excluding hydrogens is 160 g/mol. The Balaban J connectivity index is 2.50. The molecule has 0 heterocycles. The van der Waals surface area contributed by atoms with Gasteiger partial charge in [-0.25, -0.2) is 0 Å². The molecule has 0 saturated carbocycles. The van der Waals surface area contributed by atoms with Crippen molar-refractivity contribution in [2.75, 3.05) is 7.11 Å². The van der Waals surface area contributed by atoms with Crippen molar-refractivity contribution in [1.29, 1.82) is 0 Å². The molecule has 0 amide bonds. The summed E-state index contributed by atoms with van der Waals surface area (Å²) in [6.45, 7) is 2.16. The van der Waals surface area contributed by atoms with Crippen LogP contribution in [0.15, 0.2) is 24.3 Å². The molecule has 1 heteroatoms. The maximum Gasteiger partial charge on any atom is 0.119 e. The lowest BCUT2D eigenvalue weighted by Crippen LogP contribution is -1.98. The van der Waals surface area contributed by atoms with Crippen molar-refractivity contribution < 1.29 is 4.74 Å². The first-order valence-corrected chi connectivity index (χ1v) is 4.65. The first-order valence-electron chi connectivity index (χ1n) is 4.65. The molecule has 1 aromatic carbocycles. The van der Waals surface area contributed by atoms with E-state index >= 15 is 0 Å². The number of benzene rings is 1. The van der Waals surface area contributed by atoms with Crippen LogP contribution in [-0.4, -0.2) is 7.11 Å². The van der Waals surface area contributed by atoms with E-state index < -0.39 is 0 Å². The van der Waals surface area contributed by atoms with Crippen LogP contribution < -0.4 is 4.74 Å². The minimum atomic E-state index is 0.952. The zero-order chi connectivity index (χ0) is 9.26. The number of fused-ring (bicyclic) bond motifs is 1. The summed E-state index contributed by atoms with van der Waals surface area (Å²) in [5, 5.41) is 0. The molecule has 68 valence electrons. The highest BCUT2D eigenvalue weighted by Gasteiger charge is 2.09. The average molecular weight is 174 g/mol. The van der Waals surface area contributed by atoms with Crippen molar-refractivity contribution in [3.8, 4) is 5.75 Å². The molecule has 0 aromatic heterocycles. The van der Waals surface area contributed by atoms with Crippen LogP contribution in [0.3, 0.4) is 0 Å². The van der Waals surface area contributed by atoms with Crippen LogP contribution >= 0.6 is 0 Å². The lowest BCUT2D eigenvalue weighted by molar-refractivity contribution is 0.414. The van der Waals surface area contributed by atoms with E-state index in [9.17, 15) is 0 Å². The molecular formula is C12H14O. The van der Waals surface area contributed by atoms with Gasteiger partial charge in [0.25, 0.3) is 0 Å². The van der Waals surface area contributed by atoms with Gasteiger partial charge >= 0.3 is 0 Å². The van der Waals surface area contributed by atoms with E-state index in [1.807, 2.05) is 6.07 Å². The highest BCUT2D eigenvalue weighted by atomic mass is 16.5. The lowest BCUT2D eigenvalue weighted by atomic mass is 9.92. The summed E-state index contributed by atoms with van der Waals surface area (Å²) in [5.74, 6) is 0.952. The fourth-order valence-electron chi connectivity index (χ4n) is 1.82. The smallest absolute Gasteiger partial charge is 0.119 e. The molecule has 1 aliphatic rings. The van der Waals surface area contributed by atoms with Crippen LogP contribution in [0.25, 0.3) is 5.57 Å². The van der Waals surface area contributed by atoms with Gasteiger partial charge in [-0.05, 0) is 48.6 Å². The molecule has 0 atom stereocenters. The number of rotatable bonds is 1. The van der Waals surface area contributed by atoms with Gasteiger partial charge in [0.2, 0.25) is 0 Å². The van der Waals surface area contributed by atoms with Crippen LogP contribution in [0.4, 0.5) is 0 Å². The average Bonchev–Trinajstić information content (AvgIpc) is 2.18. The van der Waals surface area contributed by atoms with E-state index in [1.54, 1.807) is 7.11 Å². The summed E-state index contributed by atoms with van der Waals surface area (Å²) in [7, 11) is 1.71. The SMILES string of the molecule is COc1ccc2c(c1)C(C)=CCC2. The van der Waals surface area contributed by atoms with Crippen LogP contribution in [-0.2, 0) is 6.42 Å². The summed E-state index contributed by atoms with van der Waals surface area (Å²) in [6, 6.07) is 6.34. The summed E-state index contributed by atoms with van der Waals surface area (Å²) in [6.07, 6.45) is 4.63. The number of hydrogen-bond donors (Lipinski definition) is 0. The molecule has 0 saturated heterocycles. The summed E-state index contributed by atoms with van der Waals surface area (Å²) >= 11 is 0. The van der Waals surface area contributed by atoms with Crippen molar-refractivity contribution in [2.24, 2.45) is 0 Å². The minimum absolute atomic E-state index is 0.952. The van der Waals surface area contributed by atoms with Gasteiger partial charge in [0.1, 0.15) is 5.75 Å². The van der Waals surface area contributed by atoms with E-state index in [0.717, 1.165) is 12.2 Å². The van der Waals surface area contributed by atoms with Crippen molar-refractivity contribution in [1.82, 2.24) is 0 Å². The largest absolute Gasteiger partial charge is 0.497 e. The second-order valence-corrected chi connectivity index (χ2v) is 3.45. The second-order valence-electron chi connectivity index (χ2n) is 3.45. The topological polar surface area (TPSA) is 9.23 Å². The maximum atomic E-state index is 5.20. The zero-order valence-electron chi connectivity index (χ0n) is 8.13. The van der Waals surface area contributed by atoms with Gasteiger partial charge in [0, 0.05) is 0 Å². The highest BCUT2D eigenvalue weighted by Crippen LogP contribution is 2.29. The number of allylic oxidation sites excluding steroid dienone is 2. The van der Waals surface area contributed by atoms with Gasteiger partial charge in [-0.1, -0.05) is 12.1 Å². The molecule has 0 radical (unpaired) electrons. The molecule has 0 unspecified atom stereocenters. The fraction of sp³-hybridized carbons (Fsp3) is 0.333. The molecule has 0 bridgehead atoms. The maximum absolute atomic E-state index is 5.20. The normalized spacial score (nSPS) is 14.8. The Morgan fingerprint density at radius 2 is 2.15 bits per heavy atom. The Morgan fingerprint density at radius 3 is 2.92 bits per heavy atom. The van der Waals surface area contributed by atoms with Crippen LogP contribution in [0.5, 0.6) is 5.75 Å². The lowest BCUT2D eigenvalue weighted by Gasteiger charge is -2.15. The first kappa shape index (κ1) is 8.36. The third-order valence-electron chi connectivity index (χ3n) is 2.61. The Bertz CT molecular complexity index is 350.